The fourth-order valence-corrected chi connectivity index (χ4v) is 5.49. The van der Waals surface area contributed by atoms with Crippen molar-refractivity contribution in [3.8, 4) is 0 Å². The highest BCUT2D eigenvalue weighted by atomic mass is 35.5. The average molecular weight is 409 g/mol. The lowest BCUT2D eigenvalue weighted by Crippen LogP contribution is -2.50. The van der Waals surface area contributed by atoms with Gasteiger partial charge in [0.25, 0.3) is 17.7 Å². The number of hydrazine groups is 1. The maximum atomic E-state index is 13.4. The molecule has 2 saturated carbocycles. The van der Waals surface area contributed by atoms with Crippen LogP contribution in [-0.4, -0.2) is 27.7 Å². The highest BCUT2D eigenvalue weighted by molar-refractivity contribution is 6.30. The maximum Gasteiger partial charge on any atom is 0.273 e. The molecule has 3 amide bonds. The number of rotatable bonds is 4. The van der Waals surface area contributed by atoms with Crippen LogP contribution in [0.25, 0.3) is 0 Å². The first-order valence-corrected chi connectivity index (χ1v) is 10.4. The zero-order chi connectivity index (χ0) is 20.1. The van der Waals surface area contributed by atoms with E-state index in [4.69, 9.17) is 11.6 Å². The minimum Gasteiger partial charge on any atom is -0.272 e. The number of nitrogens with zero attached hydrogens (tertiary/aromatic N) is 2. The Kier molecular flexibility index (Phi) is 4.43. The van der Waals surface area contributed by atoms with E-state index in [1.165, 1.54) is 5.01 Å². The number of fused-ring (bicyclic) bond motifs is 5. The summed E-state index contributed by atoms with van der Waals surface area (Å²) in [5.74, 6) is -0.795. The number of carbonyl (C=O) groups is 3. The molecule has 6 heteroatoms. The van der Waals surface area contributed by atoms with Gasteiger partial charge in [-0.3, -0.25) is 14.4 Å². The van der Waals surface area contributed by atoms with Crippen LogP contribution in [0.15, 0.2) is 54.6 Å². The molecular formula is C23H21ClN2O3. The van der Waals surface area contributed by atoms with Gasteiger partial charge in [-0.2, -0.15) is 5.01 Å². The Labute approximate surface area is 174 Å². The number of hydrogen-bond donors (Lipinski definition) is 0. The van der Waals surface area contributed by atoms with Crippen molar-refractivity contribution in [1.82, 2.24) is 10.0 Å². The largest absolute Gasteiger partial charge is 0.273 e. The van der Waals surface area contributed by atoms with E-state index in [9.17, 15) is 14.4 Å². The molecule has 3 aliphatic rings. The van der Waals surface area contributed by atoms with Crippen molar-refractivity contribution in [3.63, 3.8) is 0 Å². The Morgan fingerprint density at radius 1 is 0.931 bits per heavy atom. The van der Waals surface area contributed by atoms with Crippen molar-refractivity contribution in [1.29, 1.82) is 0 Å². The molecule has 1 aliphatic heterocycles. The molecular weight excluding hydrogens is 388 g/mol. The van der Waals surface area contributed by atoms with E-state index in [1.54, 1.807) is 24.3 Å². The van der Waals surface area contributed by atoms with Crippen LogP contribution in [-0.2, 0) is 16.1 Å². The summed E-state index contributed by atoms with van der Waals surface area (Å²) in [6, 6.07) is 15.9. The number of amides is 3. The molecule has 0 aromatic heterocycles. The number of imide groups is 1. The van der Waals surface area contributed by atoms with Crippen molar-refractivity contribution in [2.24, 2.45) is 23.7 Å². The van der Waals surface area contributed by atoms with Crippen LogP contribution < -0.4 is 0 Å². The molecule has 5 rings (SSSR count). The fourth-order valence-electron chi connectivity index (χ4n) is 5.36. The van der Waals surface area contributed by atoms with Crippen molar-refractivity contribution < 1.29 is 14.4 Å². The van der Waals surface area contributed by atoms with E-state index >= 15 is 0 Å². The predicted octanol–water partition coefficient (Wildman–Crippen LogP) is 3.93. The normalized spacial score (nSPS) is 27.4. The Hall–Kier alpha value is -2.66. The third kappa shape index (κ3) is 2.96. The van der Waals surface area contributed by atoms with Crippen molar-refractivity contribution in [2.45, 2.75) is 25.8 Å². The first-order chi connectivity index (χ1) is 14.0. The number of benzene rings is 2. The van der Waals surface area contributed by atoms with Crippen LogP contribution in [0.1, 0.15) is 35.2 Å². The van der Waals surface area contributed by atoms with Gasteiger partial charge in [0.1, 0.15) is 0 Å². The third-order valence-corrected chi connectivity index (χ3v) is 6.90. The summed E-state index contributed by atoms with van der Waals surface area (Å²) < 4.78 is 0. The lowest BCUT2D eigenvalue weighted by atomic mass is 9.81. The van der Waals surface area contributed by atoms with Gasteiger partial charge < -0.3 is 0 Å². The van der Waals surface area contributed by atoms with Crippen LogP contribution in [0, 0.1) is 23.7 Å². The third-order valence-electron chi connectivity index (χ3n) is 6.65. The molecule has 148 valence electrons. The zero-order valence-corrected chi connectivity index (χ0v) is 16.6. The van der Waals surface area contributed by atoms with Gasteiger partial charge in [-0.1, -0.05) is 41.9 Å². The lowest BCUT2D eigenvalue weighted by Gasteiger charge is -2.31. The molecule has 0 radical (unpaired) electrons. The Bertz CT molecular complexity index is 947. The monoisotopic (exact) mass is 408 g/mol. The molecule has 2 aliphatic carbocycles. The highest BCUT2D eigenvalue weighted by Crippen LogP contribution is 2.56. The van der Waals surface area contributed by atoms with E-state index < -0.39 is 0 Å². The van der Waals surface area contributed by atoms with Crippen molar-refractivity contribution >= 4 is 29.3 Å². The first kappa shape index (κ1) is 18.4. The maximum absolute atomic E-state index is 13.4. The van der Waals surface area contributed by atoms with E-state index in [2.05, 4.69) is 0 Å². The first-order valence-electron chi connectivity index (χ1n) is 10.0. The quantitative estimate of drug-likeness (QED) is 0.720. The van der Waals surface area contributed by atoms with Gasteiger partial charge in [0, 0.05) is 10.6 Å². The van der Waals surface area contributed by atoms with E-state index in [1.807, 2.05) is 30.3 Å². The topological polar surface area (TPSA) is 57.7 Å². The molecule has 29 heavy (non-hydrogen) atoms. The molecule has 3 fully saturated rings. The highest BCUT2D eigenvalue weighted by Gasteiger charge is 2.62. The molecule has 2 aromatic rings. The van der Waals surface area contributed by atoms with Crippen LogP contribution in [0.4, 0.5) is 0 Å². The van der Waals surface area contributed by atoms with Gasteiger partial charge in [-0.05, 0) is 60.9 Å². The van der Waals surface area contributed by atoms with Gasteiger partial charge in [0.2, 0.25) is 0 Å². The summed E-state index contributed by atoms with van der Waals surface area (Å²) >= 11 is 5.96. The summed E-state index contributed by atoms with van der Waals surface area (Å²) in [4.78, 5) is 40.0. The van der Waals surface area contributed by atoms with Gasteiger partial charge in [0.05, 0.1) is 18.4 Å². The van der Waals surface area contributed by atoms with Crippen LogP contribution in [0.5, 0.6) is 0 Å². The zero-order valence-electron chi connectivity index (χ0n) is 15.8. The smallest absolute Gasteiger partial charge is 0.272 e. The molecule has 0 N–H and O–H groups in total. The second-order valence-corrected chi connectivity index (χ2v) is 8.66. The predicted molar refractivity (Wildman–Crippen MR) is 107 cm³/mol. The van der Waals surface area contributed by atoms with Crippen LogP contribution in [0.2, 0.25) is 5.02 Å². The summed E-state index contributed by atoms with van der Waals surface area (Å²) in [6.07, 6.45) is 2.97. The molecule has 0 unspecified atom stereocenters. The number of hydrogen-bond acceptors (Lipinski definition) is 3. The van der Waals surface area contributed by atoms with Gasteiger partial charge >= 0.3 is 0 Å². The van der Waals surface area contributed by atoms with Crippen molar-refractivity contribution in [3.05, 3.63) is 70.7 Å². The van der Waals surface area contributed by atoms with Crippen molar-refractivity contribution in [2.75, 3.05) is 0 Å². The molecule has 2 bridgehead atoms. The Balaban J connectivity index is 1.51. The van der Waals surface area contributed by atoms with E-state index in [-0.39, 0.29) is 47.9 Å². The lowest BCUT2D eigenvalue weighted by molar-refractivity contribution is -0.156. The van der Waals surface area contributed by atoms with E-state index in [0.29, 0.717) is 10.6 Å². The molecule has 4 atom stereocenters. The van der Waals surface area contributed by atoms with Gasteiger partial charge in [-0.25, -0.2) is 5.01 Å². The average Bonchev–Trinajstić information content (AvgIpc) is 3.41. The second-order valence-electron chi connectivity index (χ2n) is 8.23. The molecule has 0 spiro atoms. The summed E-state index contributed by atoms with van der Waals surface area (Å²) in [6.45, 7) is 0.161. The van der Waals surface area contributed by atoms with E-state index in [0.717, 1.165) is 29.8 Å². The Morgan fingerprint density at radius 3 is 2.10 bits per heavy atom. The number of halogens is 1. The molecule has 5 nitrogen and oxygen atoms in total. The minimum atomic E-state index is -0.375. The molecule has 2 aromatic carbocycles. The molecule has 1 heterocycles. The summed E-state index contributed by atoms with van der Waals surface area (Å²) in [5.41, 5.74) is 1.25. The van der Waals surface area contributed by atoms with Gasteiger partial charge in [0.15, 0.2) is 0 Å². The van der Waals surface area contributed by atoms with Gasteiger partial charge in [-0.15, -0.1) is 0 Å². The van der Waals surface area contributed by atoms with Crippen LogP contribution in [0.3, 0.4) is 0 Å². The van der Waals surface area contributed by atoms with Crippen LogP contribution >= 0.6 is 11.6 Å². The second kappa shape index (κ2) is 6.99. The minimum absolute atomic E-state index is 0.161. The molecule has 1 saturated heterocycles. The summed E-state index contributed by atoms with van der Waals surface area (Å²) in [7, 11) is 0. The Morgan fingerprint density at radius 2 is 1.52 bits per heavy atom. The number of carbonyl (C=O) groups excluding carboxylic acids is 3. The summed E-state index contributed by atoms with van der Waals surface area (Å²) in [5, 5.41) is 2.99. The fraction of sp³-hybridized carbons (Fsp3) is 0.348. The SMILES string of the molecule is O=C(c1ccc(Cl)cc1)N(Cc1ccccc1)N1C(=O)[C@@H]2[C@H]3CC[C@@H](C3)[C@@H]2C1=O. The standard InChI is InChI=1S/C23H21ClN2O3/c24-18-10-8-15(9-11-18)21(27)25(13-14-4-2-1-3-5-14)26-22(28)19-16-6-7-17(12-16)20(19)23(26)29/h1-5,8-11,16-17,19-20H,6-7,12-13H2/t16-,17-,19-,20+/m0/s1.